The molecule has 1 atom stereocenters. The lowest BCUT2D eigenvalue weighted by atomic mass is 10.1. The van der Waals surface area contributed by atoms with E-state index in [2.05, 4.69) is 13.8 Å². The monoisotopic (exact) mass is 176 g/mol. The van der Waals surface area contributed by atoms with E-state index < -0.39 is 0 Å². The van der Waals surface area contributed by atoms with Crippen LogP contribution >= 0.6 is 0 Å². The maximum Gasteiger partial charge on any atom is 0.123 e. The minimum Gasteiger partial charge on any atom is -0.207 e. The molecule has 0 saturated heterocycles. The van der Waals surface area contributed by atoms with Crippen molar-refractivity contribution in [1.82, 2.24) is 0 Å². The Morgan fingerprint density at radius 3 is 2.31 bits per heavy atom. The first-order valence-corrected chi connectivity index (χ1v) is 4.60. The van der Waals surface area contributed by atoms with E-state index in [0.29, 0.717) is 5.92 Å². The average molecular weight is 176 g/mol. The number of halogens is 1. The molecule has 13 heavy (non-hydrogen) atoms. The highest BCUT2D eigenvalue weighted by molar-refractivity contribution is 5.43. The molecule has 68 valence electrons. The highest BCUT2D eigenvalue weighted by atomic mass is 19.1. The third kappa shape index (κ3) is 1.64. The highest BCUT2D eigenvalue weighted by Crippen LogP contribution is 2.48. The maximum absolute atomic E-state index is 12.6. The molecule has 0 N–H and O–H groups in total. The second-order valence-corrected chi connectivity index (χ2v) is 3.83. The first-order valence-electron chi connectivity index (χ1n) is 4.60. The third-order valence-corrected chi connectivity index (χ3v) is 2.60. The second-order valence-electron chi connectivity index (χ2n) is 3.83. The molecule has 1 unspecified atom stereocenters. The topological polar surface area (TPSA) is 0 Å². The number of benzene rings is 1. The Morgan fingerprint density at radius 1 is 1.23 bits per heavy atom. The third-order valence-electron chi connectivity index (χ3n) is 2.60. The molecule has 0 bridgehead atoms. The van der Waals surface area contributed by atoms with Gasteiger partial charge in [-0.05, 0) is 38.0 Å². The molecule has 1 aromatic carbocycles. The summed E-state index contributed by atoms with van der Waals surface area (Å²) in [6.07, 6.45) is 1.16. The molecule has 1 aliphatic rings. The van der Waals surface area contributed by atoms with Crippen LogP contribution in [0.15, 0.2) is 35.4 Å². The Bertz CT molecular complexity index is 342. The van der Waals surface area contributed by atoms with E-state index in [4.69, 9.17) is 0 Å². The molecule has 1 saturated carbocycles. The molecule has 0 heterocycles. The second kappa shape index (κ2) is 2.99. The zero-order chi connectivity index (χ0) is 9.42. The summed E-state index contributed by atoms with van der Waals surface area (Å²) in [6.45, 7) is 4.28. The van der Waals surface area contributed by atoms with E-state index in [1.54, 1.807) is 0 Å². The van der Waals surface area contributed by atoms with Gasteiger partial charge in [-0.15, -0.1) is 0 Å². The average Bonchev–Trinajstić information content (AvgIpc) is 2.85. The van der Waals surface area contributed by atoms with Crippen molar-refractivity contribution in [3.63, 3.8) is 0 Å². The standard InChI is InChI=1S/C12H13F/c1-8(2)11-7-12(11)9-3-5-10(13)6-4-9/h3-6,12H,7H2,1-2H3. The largest absolute Gasteiger partial charge is 0.207 e. The molecule has 0 spiro atoms. The van der Waals surface area contributed by atoms with Crippen molar-refractivity contribution in [2.24, 2.45) is 0 Å². The van der Waals surface area contributed by atoms with E-state index >= 15 is 0 Å². The van der Waals surface area contributed by atoms with Gasteiger partial charge in [-0.1, -0.05) is 23.3 Å². The van der Waals surface area contributed by atoms with Gasteiger partial charge < -0.3 is 0 Å². The fourth-order valence-corrected chi connectivity index (χ4v) is 1.73. The zero-order valence-corrected chi connectivity index (χ0v) is 7.97. The first-order chi connectivity index (χ1) is 6.18. The van der Waals surface area contributed by atoms with Crippen molar-refractivity contribution >= 4 is 0 Å². The molecule has 0 aromatic heterocycles. The van der Waals surface area contributed by atoms with Gasteiger partial charge in [0.1, 0.15) is 5.82 Å². The van der Waals surface area contributed by atoms with Gasteiger partial charge in [0.05, 0.1) is 0 Å². The van der Waals surface area contributed by atoms with Crippen LogP contribution in [0.5, 0.6) is 0 Å². The summed E-state index contributed by atoms with van der Waals surface area (Å²) in [4.78, 5) is 0. The Morgan fingerprint density at radius 2 is 1.85 bits per heavy atom. The van der Waals surface area contributed by atoms with Gasteiger partial charge in [0.25, 0.3) is 0 Å². The smallest absolute Gasteiger partial charge is 0.123 e. The zero-order valence-electron chi connectivity index (χ0n) is 7.97. The lowest BCUT2D eigenvalue weighted by molar-refractivity contribution is 0.627. The summed E-state index contributed by atoms with van der Waals surface area (Å²) in [6, 6.07) is 6.85. The van der Waals surface area contributed by atoms with Crippen LogP contribution in [0.2, 0.25) is 0 Å². The molecule has 0 radical (unpaired) electrons. The summed E-state index contributed by atoms with van der Waals surface area (Å²) in [5.41, 5.74) is 4.18. The van der Waals surface area contributed by atoms with Gasteiger partial charge in [-0.2, -0.15) is 0 Å². The van der Waals surface area contributed by atoms with Gasteiger partial charge >= 0.3 is 0 Å². The normalized spacial score (nSPS) is 20.2. The molecule has 1 heteroatoms. The van der Waals surface area contributed by atoms with Crippen LogP contribution in [0.4, 0.5) is 4.39 Å². The lowest BCUT2D eigenvalue weighted by Crippen LogP contribution is -1.80. The molecule has 2 rings (SSSR count). The number of hydrogen-bond acceptors (Lipinski definition) is 0. The van der Waals surface area contributed by atoms with Crippen LogP contribution in [-0.2, 0) is 0 Å². The Kier molecular flexibility index (Phi) is 1.95. The van der Waals surface area contributed by atoms with Crippen molar-refractivity contribution < 1.29 is 4.39 Å². The molecule has 0 amide bonds. The number of rotatable bonds is 1. The quantitative estimate of drug-likeness (QED) is 0.573. The summed E-state index contributed by atoms with van der Waals surface area (Å²) >= 11 is 0. The van der Waals surface area contributed by atoms with Crippen LogP contribution in [0.1, 0.15) is 31.7 Å². The van der Waals surface area contributed by atoms with Crippen molar-refractivity contribution in [2.45, 2.75) is 26.2 Å². The molecular weight excluding hydrogens is 163 g/mol. The Labute approximate surface area is 78.1 Å². The predicted octanol–water partition coefficient (Wildman–Crippen LogP) is 3.65. The van der Waals surface area contributed by atoms with Gasteiger partial charge in [-0.25, -0.2) is 4.39 Å². The van der Waals surface area contributed by atoms with E-state index in [9.17, 15) is 4.39 Å². The van der Waals surface area contributed by atoms with E-state index in [0.717, 1.165) is 6.42 Å². The molecule has 0 nitrogen and oxygen atoms in total. The molecule has 1 fully saturated rings. The SMILES string of the molecule is CC(C)=C1CC1c1ccc(F)cc1. The van der Waals surface area contributed by atoms with Crippen LogP contribution in [0, 0.1) is 5.82 Å². The van der Waals surface area contributed by atoms with E-state index in [1.165, 1.54) is 28.8 Å². The van der Waals surface area contributed by atoms with Crippen LogP contribution in [-0.4, -0.2) is 0 Å². The first kappa shape index (κ1) is 8.49. The Balaban J connectivity index is 2.22. The minimum absolute atomic E-state index is 0.150. The number of hydrogen-bond donors (Lipinski definition) is 0. The molecule has 1 aliphatic carbocycles. The Hall–Kier alpha value is -1.11. The van der Waals surface area contributed by atoms with Crippen LogP contribution in [0.3, 0.4) is 0 Å². The molecule has 1 aromatic rings. The summed E-state index contributed by atoms with van der Waals surface area (Å²) < 4.78 is 12.6. The van der Waals surface area contributed by atoms with Gasteiger partial charge in [0.2, 0.25) is 0 Å². The van der Waals surface area contributed by atoms with Gasteiger partial charge in [-0.3, -0.25) is 0 Å². The molecule has 0 aliphatic heterocycles. The van der Waals surface area contributed by atoms with Crippen LogP contribution < -0.4 is 0 Å². The van der Waals surface area contributed by atoms with Crippen molar-refractivity contribution in [2.75, 3.05) is 0 Å². The summed E-state index contributed by atoms with van der Waals surface area (Å²) in [5.74, 6) is 0.425. The summed E-state index contributed by atoms with van der Waals surface area (Å²) in [7, 11) is 0. The molecular formula is C12H13F. The van der Waals surface area contributed by atoms with Gasteiger partial charge in [0, 0.05) is 5.92 Å². The summed E-state index contributed by atoms with van der Waals surface area (Å²) in [5, 5.41) is 0. The highest BCUT2D eigenvalue weighted by Gasteiger charge is 2.31. The maximum atomic E-state index is 12.6. The van der Waals surface area contributed by atoms with E-state index in [-0.39, 0.29) is 5.82 Å². The fraction of sp³-hybridized carbons (Fsp3) is 0.333. The minimum atomic E-state index is -0.150. The van der Waals surface area contributed by atoms with Crippen molar-refractivity contribution in [3.8, 4) is 0 Å². The fourth-order valence-electron chi connectivity index (χ4n) is 1.73. The number of allylic oxidation sites excluding steroid dienone is 2. The lowest BCUT2D eigenvalue weighted by Gasteiger charge is -1.96. The van der Waals surface area contributed by atoms with E-state index in [1.807, 2.05) is 12.1 Å². The van der Waals surface area contributed by atoms with Crippen molar-refractivity contribution in [1.29, 1.82) is 0 Å². The van der Waals surface area contributed by atoms with Crippen molar-refractivity contribution in [3.05, 3.63) is 46.8 Å². The predicted molar refractivity (Wildman–Crippen MR) is 52.1 cm³/mol. The van der Waals surface area contributed by atoms with Crippen LogP contribution in [0.25, 0.3) is 0 Å². The van der Waals surface area contributed by atoms with Gasteiger partial charge in [0.15, 0.2) is 0 Å².